The molecular formula is C14H16BrF3O. The maximum atomic E-state index is 12.0. The first-order chi connectivity index (χ1) is 8.94. The Bertz CT molecular complexity index is 398. The van der Waals surface area contributed by atoms with E-state index in [1.54, 1.807) is 12.1 Å². The lowest BCUT2D eigenvalue weighted by molar-refractivity contribution is -0.274. The maximum absolute atomic E-state index is 12.0. The van der Waals surface area contributed by atoms with Crippen molar-refractivity contribution < 1.29 is 17.9 Å². The van der Waals surface area contributed by atoms with E-state index in [2.05, 4.69) is 20.7 Å². The van der Waals surface area contributed by atoms with Gasteiger partial charge < -0.3 is 4.74 Å². The smallest absolute Gasteiger partial charge is 0.406 e. The summed E-state index contributed by atoms with van der Waals surface area (Å²) in [5, 5.41) is 0. The molecule has 106 valence electrons. The van der Waals surface area contributed by atoms with E-state index >= 15 is 0 Å². The second-order valence-corrected chi connectivity index (χ2v) is 6.11. The fraction of sp³-hybridized carbons (Fsp3) is 0.571. The molecule has 2 rings (SSSR count). The van der Waals surface area contributed by atoms with Crippen molar-refractivity contribution in [1.82, 2.24) is 0 Å². The Morgan fingerprint density at radius 1 is 1.21 bits per heavy atom. The van der Waals surface area contributed by atoms with Crippen LogP contribution in [0.4, 0.5) is 13.2 Å². The standard InChI is InChI=1S/C14H16BrF3O/c15-13(11-6-7-11)3-1-2-10-4-8-12(9-5-10)19-14(16,17)18/h4-5,8-9,11,13H,1-3,6-7H2. The molecule has 0 N–H and O–H groups in total. The Morgan fingerprint density at radius 2 is 1.84 bits per heavy atom. The third-order valence-electron chi connectivity index (χ3n) is 3.24. The van der Waals surface area contributed by atoms with Gasteiger partial charge in [0.25, 0.3) is 0 Å². The fourth-order valence-electron chi connectivity index (χ4n) is 2.05. The highest BCUT2D eigenvalue weighted by Crippen LogP contribution is 2.38. The van der Waals surface area contributed by atoms with Crippen molar-refractivity contribution >= 4 is 15.9 Å². The highest BCUT2D eigenvalue weighted by Gasteiger charge is 2.31. The Kier molecular flexibility index (Phi) is 4.76. The van der Waals surface area contributed by atoms with Gasteiger partial charge in [0.1, 0.15) is 5.75 Å². The minimum Gasteiger partial charge on any atom is -0.406 e. The van der Waals surface area contributed by atoms with Gasteiger partial charge in [-0.1, -0.05) is 28.1 Å². The molecular weight excluding hydrogens is 321 g/mol. The van der Waals surface area contributed by atoms with Crippen molar-refractivity contribution in [3.8, 4) is 5.75 Å². The number of alkyl halides is 4. The van der Waals surface area contributed by atoms with E-state index in [-0.39, 0.29) is 5.75 Å². The molecule has 0 heterocycles. The molecule has 1 aliphatic rings. The minimum atomic E-state index is -4.62. The monoisotopic (exact) mass is 336 g/mol. The second kappa shape index (κ2) is 6.16. The molecule has 5 heteroatoms. The molecule has 0 saturated heterocycles. The highest BCUT2D eigenvalue weighted by atomic mass is 79.9. The molecule has 0 aliphatic heterocycles. The van der Waals surface area contributed by atoms with Crippen LogP contribution < -0.4 is 4.74 Å². The quantitative estimate of drug-likeness (QED) is 0.658. The van der Waals surface area contributed by atoms with Gasteiger partial charge in [0, 0.05) is 4.83 Å². The van der Waals surface area contributed by atoms with Crippen molar-refractivity contribution in [3.63, 3.8) is 0 Å². The molecule has 1 unspecified atom stereocenters. The lowest BCUT2D eigenvalue weighted by Gasteiger charge is -2.10. The first kappa shape index (κ1) is 14.7. The summed E-state index contributed by atoms with van der Waals surface area (Å²) in [5.41, 5.74) is 1.05. The zero-order valence-electron chi connectivity index (χ0n) is 10.4. The summed E-state index contributed by atoms with van der Waals surface area (Å²) in [6, 6.07) is 6.13. The second-order valence-electron chi connectivity index (χ2n) is 4.94. The van der Waals surface area contributed by atoms with Crippen LogP contribution in [0, 0.1) is 5.92 Å². The summed E-state index contributed by atoms with van der Waals surface area (Å²) >= 11 is 3.68. The molecule has 0 aromatic heterocycles. The third kappa shape index (κ3) is 5.43. The summed E-state index contributed by atoms with van der Waals surface area (Å²) in [6.07, 6.45) is 1.08. The first-order valence-electron chi connectivity index (χ1n) is 6.43. The van der Waals surface area contributed by atoms with E-state index in [1.165, 1.54) is 25.0 Å². The van der Waals surface area contributed by atoms with Gasteiger partial charge in [-0.3, -0.25) is 0 Å². The Hall–Kier alpha value is -0.710. The van der Waals surface area contributed by atoms with Gasteiger partial charge in [-0.2, -0.15) is 0 Å². The lowest BCUT2D eigenvalue weighted by Crippen LogP contribution is -2.17. The van der Waals surface area contributed by atoms with Gasteiger partial charge in [-0.05, 0) is 55.7 Å². The van der Waals surface area contributed by atoms with Crippen LogP contribution in [0.1, 0.15) is 31.2 Å². The van der Waals surface area contributed by atoms with Gasteiger partial charge in [0.05, 0.1) is 0 Å². The predicted molar refractivity (Wildman–Crippen MR) is 71.5 cm³/mol. The average Bonchev–Trinajstić information content (AvgIpc) is 3.13. The van der Waals surface area contributed by atoms with Crippen molar-refractivity contribution in [2.24, 2.45) is 5.92 Å². The van der Waals surface area contributed by atoms with Gasteiger partial charge in [0.2, 0.25) is 0 Å². The van der Waals surface area contributed by atoms with Crippen molar-refractivity contribution in [3.05, 3.63) is 29.8 Å². The average molecular weight is 337 g/mol. The molecule has 0 spiro atoms. The summed E-state index contributed by atoms with van der Waals surface area (Å²) in [4.78, 5) is 0.598. The molecule has 19 heavy (non-hydrogen) atoms. The number of halogens is 4. The fourth-order valence-corrected chi connectivity index (χ4v) is 2.91. The number of ether oxygens (including phenoxy) is 1. The predicted octanol–water partition coefficient (Wildman–Crippen LogP) is 5.08. The van der Waals surface area contributed by atoms with Crippen LogP contribution in [0.3, 0.4) is 0 Å². The van der Waals surface area contributed by atoms with Gasteiger partial charge >= 0.3 is 6.36 Å². The molecule has 1 fully saturated rings. The largest absolute Gasteiger partial charge is 0.573 e. The Morgan fingerprint density at radius 3 is 2.37 bits per heavy atom. The van der Waals surface area contributed by atoms with Crippen molar-refractivity contribution in [1.29, 1.82) is 0 Å². The van der Waals surface area contributed by atoms with E-state index < -0.39 is 6.36 Å². The van der Waals surface area contributed by atoms with Crippen LogP contribution in [0.5, 0.6) is 5.75 Å². The number of hydrogen-bond donors (Lipinski definition) is 0. The van der Waals surface area contributed by atoms with E-state index in [9.17, 15) is 13.2 Å². The maximum Gasteiger partial charge on any atom is 0.573 e. The minimum absolute atomic E-state index is 0.160. The number of hydrogen-bond acceptors (Lipinski definition) is 1. The van der Waals surface area contributed by atoms with E-state index in [0.717, 1.165) is 30.7 Å². The zero-order valence-corrected chi connectivity index (χ0v) is 12.0. The number of benzene rings is 1. The highest BCUT2D eigenvalue weighted by molar-refractivity contribution is 9.09. The molecule has 1 aromatic rings. The normalized spacial score (nSPS) is 17.3. The summed E-state index contributed by atoms with van der Waals surface area (Å²) in [6.45, 7) is 0. The van der Waals surface area contributed by atoms with Gasteiger partial charge in [-0.15, -0.1) is 13.2 Å². The topological polar surface area (TPSA) is 9.23 Å². The number of rotatable bonds is 6. The number of aryl methyl sites for hydroxylation is 1. The summed E-state index contributed by atoms with van der Waals surface area (Å²) in [7, 11) is 0. The van der Waals surface area contributed by atoms with E-state index in [4.69, 9.17) is 0 Å². The molecule has 1 aromatic carbocycles. The molecule has 1 saturated carbocycles. The van der Waals surface area contributed by atoms with Crippen molar-refractivity contribution in [2.45, 2.75) is 43.3 Å². The summed E-state index contributed by atoms with van der Waals surface area (Å²) < 4.78 is 39.8. The van der Waals surface area contributed by atoms with Crippen LogP contribution in [0.15, 0.2) is 24.3 Å². The molecule has 0 radical (unpaired) electrons. The zero-order chi connectivity index (χ0) is 13.9. The lowest BCUT2D eigenvalue weighted by atomic mass is 10.1. The van der Waals surface area contributed by atoms with Crippen LogP contribution in [-0.4, -0.2) is 11.2 Å². The van der Waals surface area contributed by atoms with Gasteiger partial charge in [0.15, 0.2) is 0 Å². The van der Waals surface area contributed by atoms with E-state index in [0.29, 0.717) is 4.83 Å². The molecule has 1 nitrogen and oxygen atoms in total. The van der Waals surface area contributed by atoms with Gasteiger partial charge in [-0.25, -0.2) is 0 Å². The van der Waals surface area contributed by atoms with Crippen LogP contribution in [0.25, 0.3) is 0 Å². The first-order valence-corrected chi connectivity index (χ1v) is 7.34. The SMILES string of the molecule is FC(F)(F)Oc1ccc(CCCC(Br)C2CC2)cc1. The molecule has 0 amide bonds. The molecule has 1 atom stereocenters. The Balaban J connectivity index is 1.75. The third-order valence-corrected chi connectivity index (χ3v) is 4.44. The summed E-state index contributed by atoms with van der Waals surface area (Å²) in [5.74, 6) is 0.676. The van der Waals surface area contributed by atoms with E-state index in [1.807, 2.05) is 0 Å². The Labute approximate surface area is 119 Å². The van der Waals surface area contributed by atoms with Crippen molar-refractivity contribution in [2.75, 3.05) is 0 Å². The van der Waals surface area contributed by atoms with Crippen LogP contribution >= 0.6 is 15.9 Å². The van der Waals surface area contributed by atoms with Crippen LogP contribution in [-0.2, 0) is 6.42 Å². The van der Waals surface area contributed by atoms with Crippen LogP contribution in [0.2, 0.25) is 0 Å². The molecule has 1 aliphatic carbocycles. The molecule has 0 bridgehead atoms.